The molecule has 10 nitrogen and oxygen atoms in total. The van der Waals surface area contributed by atoms with Crippen molar-refractivity contribution in [1.82, 2.24) is 19.9 Å². The van der Waals surface area contributed by atoms with E-state index in [1.54, 1.807) is 0 Å². The summed E-state index contributed by atoms with van der Waals surface area (Å²) in [7, 11) is 2.86. The minimum Gasteiger partial charge on any atom is -0.469 e. The lowest BCUT2D eigenvalue weighted by atomic mass is 9.94. The standard InChI is InChI=1S/C48H58N6O4/c1-13-29-25(7)41-43-27(9)31(15-3)45(53-43)46-32(16-4)28(10)44(54-46)42-26(8)30(14-2)38(52-42)22-36-24(6)34(18-20-40(56)58-12)48(50-36)47-33(17-19-39(55)57-11)23(5)35(49-47)21-37(29)51-41/h21-22,49-52H,13-20H2,1-12H3. The Balaban J connectivity index is 1.65. The number of nitrogens with one attached hydrogen (secondary N) is 4. The van der Waals surface area contributed by atoms with E-state index in [1.807, 2.05) is 0 Å². The molecular weight excluding hydrogens is 725 g/mol. The van der Waals surface area contributed by atoms with Gasteiger partial charge in [-0.05, 0) is 159 Å². The van der Waals surface area contributed by atoms with E-state index in [1.165, 1.54) is 58.8 Å². The minimum atomic E-state index is -0.268. The lowest BCUT2D eigenvalue weighted by molar-refractivity contribution is -0.141. The van der Waals surface area contributed by atoms with Crippen LogP contribution in [0, 0.1) is 27.7 Å². The van der Waals surface area contributed by atoms with E-state index in [0.29, 0.717) is 12.8 Å². The zero-order valence-corrected chi connectivity index (χ0v) is 36.3. The summed E-state index contributed by atoms with van der Waals surface area (Å²) < 4.78 is 10.2. The third-order valence-corrected chi connectivity index (χ3v) is 12.8. The molecule has 0 radical (unpaired) electrons. The zero-order valence-electron chi connectivity index (χ0n) is 36.3. The highest BCUT2D eigenvalue weighted by Gasteiger charge is 2.32. The fraction of sp³-hybridized carbons (Fsp3) is 0.417. The first-order chi connectivity index (χ1) is 27.8. The fourth-order valence-electron chi connectivity index (χ4n) is 9.45. The van der Waals surface area contributed by atoms with Crippen molar-refractivity contribution >= 4 is 46.9 Å². The van der Waals surface area contributed by atoms with E-state index in [9.17, 15) is 9.59 Å². The number of fused-ring (bicyclic) bond motifs is 12. The van der Waals surface area contributed by atoms with Crippen LogP contribution in [0.25, 0.3) is 34.9 Å². The second-order valence-electron chi connectivity index (χ2n) is 15.7. The fourth-order valence-corrected chi connectivity index (χ4v) is 9.45. The van der Waals surface area contributed by atoms with Crippen LogP contribution < -0.4 is 21.4 Å². The van der Waals surface area contributed by atoms with Gasteiger partial charge in [-0.15, -0.1) is 0 Å². The predicted octanol–water partition coefficient (Wildman–Crippen LogP) is 6.49. The van der Waals surface area contributed by atoms with E-state index in [0.717, 1.165) is 115 Å². The highest BCUT2D eigenvalue weighted by molar-refractivity contribution is 6.57. The van der Waals surface area contributed by atoms with Gasteiger partial charge in [-0.25, -0.2) is 9.98 Å². The number of hydrogen-bond donors (Lipinski definition) is 4. The monoisotopic (exact) mass is 782 g/mol. The molecule has 0 amide bonds. The molecule has 0 spiro atoms. The average molecular weight is 783 g/mol. The van der Waals surface area contributed by atoms with Crippen LogP contribution >= 0.6 is 0 Å². The van der Waals surface area contributed by atoms with Crippen molar-refractivity contribution in [1.29, 1.82) is 0 Å². The molecule has 0 saturated heterocycles. The summed E-state index contributed by atoms with van der Waals surface area (Å²) in [5.41, 5.74) is 21.3. The number of carbonyl (C=O) groups excluding carboxylic acids is 2. The molecule has 4 aromatic heterocycles. The molecule has 7 heterocycles. The second kappa shape index (κ2) is 16.0. The first kappa shape index (κ1) is 40.6. The molecule has 7 rings (SSSR count). The topological polar surface area (TPSA) is 140 Å². The van der Waals surface area contributed by atoms with Crippen LogP contribution in [0.1, 0.15) is 123 Å². The normalized spacial score (nSPS) is 14.8. The SMILES string of the molecule is CCC1=C(C)C2=c3[nH]c(c(CC)c3C)=Cc3[nH]c(c(CCC(=O)OC)c3C)-c3[nH]c(c(C)c3CCC(=O)OC)C=c3[nH]c(c(C)c3CC)=C3N=C(C1=N2)C(CC)=C3C. The van der Waals surface area contributed by atoms with Crippen molar-refractivity contribution in [3.8, 4) is 11.4 Å². The van der Waals surface area contributed by atoms with E-state index >= 15 is 0 Å². The number of allylic oxidation sites excluding steroid dienone is 2. The molecule has 0 fully saturated rings. The molecular formula is C48H58N6O4. The van der Waals surface area contributed by atoms with Crippen molar-refractivity contribution in [2.75, 3.05) is 14.2 Å². The average Bonchev–Trinajstić information content (AvgIpc) is 4.03. The van der Waals surface area contributed by atoms with Gasteiger partial charge in [-0.3, -0.25) is 9.59 Å². The van der Waals surface area contributed by atoms with Crippen LogP contribution in [0.5, 0.6) is 0 Å². The molecule has 0 unspecified atom stereocenters. The summed E-state index contributed by atoms with van der Waals surface area (Å²) in [4.78, 5) is 51.4. The molecule has 0 aromatic carbocycles. The third-order valence-electron chi connectivity index (χ3n) is 12.8. The Hall–Kier alpha value is -5.64. The number of aromatic amines is 4. The maximum absolute atomic E-state index is 12.6. The highest BCUT2D eigenvalue weighted by atomic mass is 16.5. The number of aromatic nitrogens is 4. The van der Waals surface area contributed by atoms with Crippen molar-refractivity contribution < 1.29 is 19.1 Å². The third kappa shape index (κ3) is 6.60. The van der Waals surface area contributed by atoms with Crippen molar-refractivity contribution in [2.45, 2.75) is 121 Å². The summed E-state index contributed by atoms with van der Waals surface area (Å²) in [6.45, 7) is 21.8. The molecule has 0 atom stereocenters. The first-order valence-electron chi connectivity index (χ1n) is 20.8. The molecule has 0 saturated carbocycles. The summed E-state index contributed by atoms with van der Waals surface area (Å²) in [5.74, 6) is -0.535. The number of carbonyl (C=O) groups is 2. The Bertz CT molecular complexity index is 2590. The summed E-state index contributed by atoms with van der Waals surface area (Å²) in [6, 6.07) is 0. The summed E-state index contributed by atoms with van der Waals surface area (Å²) in [5, 5.41) is 4.09. The van der Waals surface area contributed by atoms with Crippen LogP contribution in [0.15, 0.2) is 32.3 Å². The lowest BCUT2D eigenvalue weighted by Crippen LogP contribution is -2.16. The summed E-state index contributed by atoms with van der Waals surface area (Å²) >= 11 is 0. The van der Waals surface area contributed by atoms with Gasteiger partial charge in [0.25, 0.3) is 0 Å². The second-order valence-corrected chi connectivity index (χ2v) is 15.7. The van der Waals surface area contributed by atoms with Gasteiger partial charge in [-0.2, -0.15) is 0 Å². The van der Waals surface area contributed by atoms with Gasteiger partial charge in [0.15, 0.2) is 0 Å². The Morgan fingerprint density at radius 2 is 0.914 bits per heavy atom. The van der Waals surface area contributed by atoms with Crippen molar-refractivity contribution in [3.63, 3.8) is 0 Å². The molecule has 4 aromatic rings. The van der Waals surface area contributed by atoms with Crippen molar-refractivity contribution in [2.24, 2.45) is 9.98 Å². The van der Waals surface area contributed by atoms with E-state index in [4.69, 9.17) is 19.5 Å². The van der Waals surface area contributed by atoms with Gasteiger partial charge in [0, 0.05) is 34.9 Å². The van der Waals surface area contributed by atoms with Crippen LogP contribution in [-0.4, -0.2) is 57.5 Å². The number of esters is 2. The van der Waals surface area contributed by atoms with Crippen LogP contribution in [0.2, 0.25) is 0 Å². The number of H-pyrrole nitrogens is 4. The predicted molar refractivity (Wildman–Crippen MR) is 234 cm³/mol. The van der Waals surface area contributed by atoms with Gasteiger partial charge in [0.2, 0.25) is 0 Å². The maximum Gasteiger partial charge on any atom is 0.305 e. The Labute approximate surface area is 340 Å². The quantitative estimate of drug-likeness (QED) is 0.137. The molecule has 304 valence electrons. The molecule has 0 aliphatic carbocycles. The highest BCUT2D eigenvalue weighted by Crippen LogP contribution is 2.37. The largest absolute Gasteiger partial charge is 0.469 e. The molecule has 10 heteroatoms. The number of methoxy groups -OCH3 is 2. The number of nitrogens with zero attached hydrogens (tertiary/aromatic N) is 2. The molecule has 58 heavy (non-hydrogen) atoms. The van der Waals surface area contributed by atoms with Crippen LogP contribution in [-0.2, 0) is 44.7 Å². The van der Waals surface area contributed by atoms with Gasteiger partial charge < -0.3 is 29.4 Å². The van der Waals surface area contributed by atoms with E-state index in [-0.39, 0.29) is 24.8 Å². The smallest absolute Gasteiger partial charge is 0.305 e. The molecule has 3 aliphatic heterocycles. The van der Waals surface area contributed by atoms with Crippen LogP contribution in [0.4, 0.5) is 0 Å². The summed E-state index contributed by atoms with van der Waals surface area (Å²) in [6.07, 6.45) is 9.17. The molecule has 4 N–H and O–H groups in total. The van der Waals surface area contributed by atoms with Gasteiger partial charge in [0.1, 0.15) is 0 Å². The van der Waals surface area contributed by atoms with E-state index < -0.39 is 0 Å². The van der Waals surface area contributed by atoms with Crippen LogP contribution in [0.3, 0.4) is 0 Å². The minimum absolute atomic E-state index is 0.231. The number of hydrogen-bond acceptors (Lipinski definition) is 6. The van der Waals surface area contributed by atoms with Gasteiger partial charge in [-0.1, -0.05) is 27.7 Å². The zero-order chi connectivity index (χ0) is 41.7. The Morgan fingerprint density at radius 1 is 0.534 bits per heavy atom. The molecule has 12 bridgehead atoms. The van der Waals surface area contributed by atoms with E-state index in [2.05, 4.69) is 101 Å². The molecule has 3 aliphatic rings. The number of aliphatic imine (C=N–C) groups is 2. The van der Waals surface area contributed by atoms with Gasteiger partial charge in [0.05, 0.1) is 59.1 Å². The maximum atomic E-state index is 12.6. The number of rotatable bonds is 10. The number of ether oxygens (including phenoxy) is 2. The Kier molecular flexibility index (Phi) is 11.2. The Morgan fingerprint density at radius 3 is 1.24 bits per heavy atom. The van der Waals surface area contributed by atoms with Crippen molar-refractivity contribution in [3.05, 3.63) is 99.6 Å². The lowest BCUT2D eigenvalue weighted by Gasteiger charge is -2.08. The first-order valence-corrected chi connectivity index (χ1v) is 20.8. The van der Waals surface area contributed by atoms with Gasteiger partial charge >= 0.3 is 11.9 Å².